The van der Waals surface area contributed by atoms with Gasteiger partial charge in [-0.1, -0.05) is 67.3 Å². The Morgan fingerprint density at radius 1 is 1.06 bits per heavy atom. The minimum atomic E-state index is 0.894. The normalized spacial score (nSPS) is 16.6. The largest absolute Gasteiger partial charge is 0.344 e. The van der Waals surface area contributed by atoms with Crippen LogP contribution < -0.4 is 5.35 Å². The molecule has 0 unspecified atom stereocenters. The summed E-state index contributed by atoms with van der Waals surface area (Å²) in [6, 6.07) is 13.0. The van der Waals surface area contributed by atoms with Gasteiger partial charge < -0.3 is 4.57 Å². The molecule has 2 heteroatoms. The zero-order valence-corrected chi connectivity index (χ0v) is 19.3. The van der Waals surface area contributed by atoms with Crippen LogP contribution in [0.1, 0.15) is 19.8 Å². The van der Waals surface area contributed by atoms with Crippen LogP contribution in [0.2, 0.25) is 0 Å². The van der Waals surface area contributed by atoms with Crippen LogP contribution in [0.5, 0.6) is 0 Å². The van der Waals surface area contributed by atoms with E-state index in [1.807, 2.05) is 6.92 Å². The second-order valence-electron chi connectivity index (χ2n) is 7.77. The number of hydrogen-bond acceptors (Lipinski definition) is 0. The van der Waals surface area contributed by atoms with Crippen LogP contribution in [0.15, 0.2) is 96.8 Å². The third-order valence-corrected chi connectivity index (χ3v) is 5.87. The molecule has 0 fully saturated rings. The summed E-state index contributed by atoms with van der Waals surface area (Å²) in [5, 5.41) is 5.16. The van der Waals surface area contributed by atoms with Gasteiger partial charge in [-0.2, -0.15) is 4.58 Å². The Hall–Kier alpha value is -3.83. The molecular weight excluding hydrogens is 388 g/mol. The first kappa shape index (κ1) is 22.8. The van der Waals surface area contributed by atoms with Crippen molar-refractivity contribution in [2.75, 3.05) is 7.05 Å². The Labute approximate surface area is 191 Å². The highest BCUT2D eigenvalue weighted by Crippen LogP contribution is 2.25. The Kier molecular flexibility index (Phi) is 7.47. The topological polar surface area (TPSA) is 7.94 Å². The van der Waals surface area contributed by atoms with E-state index in [-0.39, 0.29) is 0 Å². The SMILES string of the molecule is C#C.C=C1C/C(=C\C=C/C/C=C\C)[N+](C)=C1/C=C/C=c1\c2cccc3cccc(c32)n1C. The van der Waals surface area contributed by atoms with Gasteiger partial charge in [0.25, 0.3) is 0 Å². The van der Waals surface area contributed by atoms with E-state index in [9.17, 15) is 0 Å². The average Bonchev–Trinajstić information content (AvgIpc) is 3.25. The predicted molar refractivity (Wildman–Crippen MR) is 141 cm³/mol. The molecule has 0 radical (unpaired) electrons. The number of terminal acetylenes is 1. The predicted octanol–water partition coefficient (Wildman–Crippen LogP) is 6.09. The third-order valence-electron chi connectivity index (χ3n) is 5.87. The van der Waals surface area contributed by atoms with Crippen molar-refractivity contribution in [3.05, 3.63) is 102 Å². The van der Waals surface area contributed by atoms with Crippen LogP contribution >= 0.6 is 0 Å². The Bertz CT molecular complexity index is 1360. The lowest BCUT2D eigenvalue weighted by Crippen LogP contribution is -2.12. The van der Waals surface area contributed by atoms with Gasteiger partial charge in [-0.15, -0.1) is 12.8 Å². The van der Waals surface area contributed by atoms with Crippen LogP contribution in [0.3, 0.4) is 0 Å². The number of rotatable bonds is 5. The maximum absolute atomic E-state index is 4.29. The molecule has 2 heterocycles. The molecule has 2 nitrogen and oxygen atoms in total. The molecule has 0 aliphatic carbocycles. The lowest BCUT2D eigenvalue weighted by molar-refractivity contribution is -0.437. The zero-order valence-electron chi connectivity index (χ0n) is 19.3. The van der Waals surface area contributed by atoms with E-state index in [0.717, 1.165) is 18.4 Å². The number of allylic oxidation sites excluding steroid dienone is 8. The summed E-state index contributed by atoms with van der Waals surface area (Å²) in [4.78, 5) is 0. The minimum Gasteiger partial charge on any atom is -0.344 e. The number of aromatic nitrogens is 1. The van der Waals surface area contributed by atoms with Gasteiger partial charge in [0, 0.05) is 46.4 Å². The summed E-state index contributed by atoms with van der Waals surface area (Å²) >= 11 is 0. The number of aryl methyl sites for hydroxylation is 1. The van der Waals surface area contributed by atoms with E-state index >= 15 is 0 Å². The number of nitrogens with zero attached hydrogens (tertiary/aromatic N) is 2. The molecule has 32 heavy (non-hydrogen) atoms. The van der Waals surface area contributed by atoms with Gasteiger partial charge in [-0.25, -0.2) is 0 Å². The molecular formula is C30H31N2+. The van der Waals surface area contributed by atoms with Crippen LogP contribution in [-0.2, 0) is 7.05 Å². The molecule has 2 aromatic carbocycles. The molecule has 1 aliphatic heterocycles. The van der Waals surface area contributed by atoms with Crippen LogP contribution in [0.4, 0.5) is 0 Å². The first-order valence-corrected chi connectivity index (χ1v) is 10.8. The zero-order chi connectivity index (χ0) is 23.1. The van der Waals surface area contributed by atoms with E-state index in [4.69, 9.17) is 0 Å². The first-order chi connectivity index (χ1) is 15.6. The molecule has 1 aliphatic rings. The van der Waals surface area contributed by atoms with Gasteiger partial charge in [0.05, 0.1) is 6.42 Å². The lowest BCUT2D eigenvalue weighted by atomic mass is 10.1. The van der Waals surface area contributed by atoms with Crippen LogP contribution in [0, 0.1) is 12.8 Å². The Balaban J connectivity index is 0.00000141. The van der Waals surface area contributed by atoms with E-state index in [0.29, 0.717) is 0 Å². The molecule has 0 spiro atoms. The molecule has 160 valence electrons. The van der Waals surface area contributed by atoms with Crippen molar-refractivity contribution in [2.45, 2.75) is 19.8 Å². The highest BCUT2D eigenvalue weighted by molar-refractivity contribution is 6.10. The van der Waals surface area contributed by atoms with E-state index in [1.165, 1.54) is 38.4 Å². The first-order valence-electron chi connectivity index (χ1n) is 10.8. The van der Waals surface area contributed by atoms with Gasteiger partial charge >= 0.3 is 0 Å². The van der Waals surface area contributed by atoms with Crippen molar-refractivity contribution in [2.24, 2.45) is 7.05 Å². The van der Waals surface area contributed by atoms with Gasteiger partial charge in [0.2, 0.25) is 5.71 Å². The minimum absolute atomic E-state index is 0.894. The summed E-state index contributed by atoms with van der Waals surface area (Å²) < 4.78 is 4.52. The van der Waals surface area contributed by atoms with Gasteiger partial charge in [-0.3, -0.25) is 0 Å². The van der Waals surface area contributed by atoms with E-state index in [1.54, 1.807) is 0 Å². The highest BCUT2D eigenvalue weighted by Gasteiger charge is 2.26. The molecule has 0 bridgehead atoms. The summed E-state index contributed by atoms with van der Waals surface area (Å²) in [5.41, 5.74) is 4.88. The fraction of sp³-hybridized carbons (Fsp3) is 0.167. The second kappa shape index (κ2) is 10.5. The molecule has 0 atom stereocenters. The van der Waals surface area contributed by atoms with E-state index in [2.05, 4.69) is 128 Å². The summed E-state index contributed by atoms with van der Waals surface area (Å²) in [5.74, 6) is 0. The third kappa shape index (κ3) is 4.43. The average molecular weight is 420 g/mol. The molecule has 0 saturated heterocycles. The van der Waals surface area contributed by atoms with Crippen molar-refractivity contribution in [1.29, 1.82) is 0 Å². The van der Waals surface area contributed by atoms with Crippen molar-refractivity contribution in [3.63, 3.8) is 0 Å². The van der Waals surface area contributed by atoms with Crippen molar-refractivity contribution in [3.8, 4) is 12.8 Å². The molecule has 0 N–H and O–H groups in total. The summed E-state index contributed by atoms with van der Waals surface area (Å²) in [6.07, 6.45) is 27.1. The monoisotopic (exact) mass is 419 g/mol. The quantitative estimate of drug-likeness (QED) is 0.269. The molecule has 0 amide bonds. The number of hydrogen-bond donors (Lipinski definition) is 0. The molecule has 0 saturated carbocycles. The van der Waals surface area contributed by atoms with Crippen LogP contribution in [0.25, 0.3) is 27.8 Å². The summed E-state index contributed by atoms with van der Waals surface area (Å²) in [6.45, 7) is 6.33. The number of benzene rings is 2. The van der Waals surface area contributed by atoms with Crippen molar-refractivity contribution >= 4 is 33.5 Å². The van der Waals surface area contributed by atoms with Crippen molar-refractivity contribution in [1.82, 2.24) is 4.57 Å². The van der Waals surface area contributed by atoms with Gasteiger partial charge in [-0.05, 0) is 30.9 Å². The van der Waals surface area contributed by atoms with Crippen LogP contribution in [-0.4, -0.2) is 21.9 Å². The fourth-order valence-electron chi connectivity index (χ4n) is 4.25. The highest BCUT2D eigenvalue weighted by atomic mass is 15.0. The molecule has 4 rings (SSSR count). The Morgan fingerprint density at radius 3 is 2.56 bits per heavy atom. The van der Waals surface area contributed by atoms with Crippen molar-refractivity contribution < 1.29 is 4.58 Å². The fourth-order valence-corrected chi connectivity index (χ4v) is 4.25. The molecule has 1 aromatic heterocycles. The Morgan fingerprint density at radius 2 is 1.81 bits per heavy atom. The molecule has 3 aromatic rings. The maximum Gasteiger partial charge on any atom is 0.208 e. The van der Waals surface area contributed by atoms with Gasteiger partial charge in [0.1, 0.15) is 7.05 Å². The lowest BCUT2D eigenvalue weighted by Gasteiger charge is -1.97. The van der Waals surface area contributed by atoms with Gasteiger partial charge in [0.15, 0.2) is 5.70 Å². The second-order valence-corrected chi connectivity index (χ2v) is 7.77. The van der Waals surface area contributed by atoms with E-state index < -0.39 is 0 Å². The summed E-state index contributed by atoms with van der Waals surface area (Å²) in [7, 11) is 4.26. The smallest absolute Gasteiger partial charge is 0.208 e. The maximum atomic E-state index is 4.29. The standard InChI is InChI=1S/C28H29N2.C2H2/c1-5-6-7-8-9-15-23-20-21(2)25(29(23)3)17-12-18-26-24-16-10-13-22-14-11-19-27(28(22)24)30(26)4;1-2/h5-6,8-19H,2,7,20H2,1,3-4H3;1-2H/q+1;/b6-5-,9-8-,23-15+;.